The van der Waals surface area contributed by atoms with Gasteiger partial charge in [0, 0.05) is 24.9 Å². The lowest BCUT2D eigenvalue weighted by Crippen LogP contribution is -2.19. The molecule has 5 heteroatoms. The first-order valence-corrected chi connectivity index (χ1v) is 6.71. The zero-order valence-electron chi connectivity index (χ0n) is 10.8. The Kier molecular flexibility index (Phi) is 3.74. The van der Waals surface area contributed by atoms with Gasteiger partial charge in [0.05, 0.1) is 5.69 Å². The second kappa shape index (κ2) is 5.84. The van der Waals surface area contributed by atoms with Crippen LogP contribution in [0, 0.1) is 0 Å². The predicted molar refractivity (Wildman–Crippen MR) is 73.4 cm³/mol. The summed E-state index contributed by atoms with van der Waals surface area (Å²) >= 11 is 0. The molecule has 2 aromatic rings. The molecular formula is C14H18N4O. The summed E-state index contributed by atoms with van der Waals surface area (Å²) in [5, 5.41) is 11.3. The summed E-state index contributed by atoms with van der Waals surface area (Å²) in [5.74, 6) is 0. The number of aromatic nitrogens is 3. The van der Waals surface area contributed by atoms with E-state index in [9.17, 15) is 0 Å². The van der Waals surface area contributed by atoms with Gasteiger partial charge in [-0.2, -0.15) is 0 Å². The minimum absolute atomic E-state index is 0.499. The average molecular weight is 258 g/mol. The Balaban J connectivity index is 1.72. The van der Waals surface area contributed by atoms with Crippen LogP contribution in [0.15, 0.2) is 36.9 Å². The molecule has 1 N–H and O–H groups in total. The van der Waals surface area contributed by atoms with Crippen molar-refractivity contribution in [1.82, 2.24) is 14.8 Å². The summed E-state index contributed by atoms with van der Waals surface area (Å²) in [5.41, 5.74) is 2.21. The normalized spacial score (nSPS) is 19.9. The first-order valence-electron chi connectivity index (χ1n) is 6.71. The van der Waals surface area contributed by atoms with Gasteiger partial charge < -0.3 is 10.1 Å². The van der Waals surface area contributed by atoms with Gasteiger partial charge in [-0.3, -0.25) is 4.57 Å². The molecular weight excluding hydrogens is 240 g/mol. The van der Waals surface area contributed by atoms with Crippen LogP contribution in [0.4, 0.5) is 5.69 Å². The third-order valence-corrected chi connectivity index (χ3v) is 3.39. The van der Waals surface area contributed by atoms with Gasteiger partial charge in [0.2, 0.25) is 0 Å². The number of nitrogens with one attached hydrogen (secondary N) is 1. The van der Waals surface area contributed by atoms with Gasteiger partial charge >= 0.3 is 0 Å². The molecule has 0 spiro atoms. The second-order valence-corrected chi connectivity index (χ2v) is 4.80. The Morgan fingerprint density at radius 1 is 1.16 bits per heavy atom. The molecule has 1 aromatic carbocycles. The fourth-order valence-electron chi connectivity index (χ4n) is 2.37. The Bertz CT molecular complexity index is 504. The molecule has 0 bridgehead atoms. The van der Waals surface area contributed by atoms with Crippen LogP contribution >= 0.6 is 0 Å². The molecule has 1 aromatic heterocycles. The van der Waals surface area contributed by atoms with Crippen molar-refractivity contribution in [1.29, 1.82) is 0 Å². The molecule has 0 aliphatic carbocycles. The van der Waals surface area contributed by atoms with Crippen molar-refractivity contribution in [2.75, 3.05) is 18.5 Å². The largest absolute Gasteiger partial charge is 0.382 e. The maximum absolute atomic E-state index is 5.48. The van der Waals surface area contributed by atoms with E-state index in [1.165, 1.54) is 0 Å². The summed E-state index contributed by atoms with van der Waals surface area (Å²) in [7, 11) is 0. The molecule has 0 amide bonds. The SMILES string of the molecule is c1cc(NC2CCCOCC2)cc(-n2cnnc2)c1. The number of hydrogen-bond acceptors (Lipinski definition) is 4. The number of benzene rings is 1. The lowest BCUT2D eigenvalue weighted by molar-refractivity contribution is 0.144. The van der Waals surface area contributed by atoms with Crippen molar-refractivity contribution in [2.45, 2.75) is 25.3 Å². The molecule has 0 radical (unpaired) electrons. The molecule has 1 unspecified atom stereocenters. The number of anilines is 1. The van der Waals surface area contributed by atoms with E-state index >= 15 is 0 Å². The molecule has 5 nitrogen and oxygen atoms in total. The van der Waals surface area contributed by atoms with E-state index in [-0.39, 0.29) is 0 Å². The zero-order chi connectivity index (χ0) is 12.9. The smallest absolute Gasteiger partial charge is 0.123 e. The molecule has 1 aliphatic heterocycles. The highest BCUT2D eigenvalue weighted by atomic mass is 16.5. The fraction of sp³-hybridized carbons (Fsp3) is 0.429. The van der Waals surface area contributed by atoms with Crippen molar-refractivity contribution in [3.63, 3.8) is 0 Å². The standard InChI is InChI=1S/C14H18N4O/c1-3-13(17-12-4-2-7-19-8-6-12)9-14(5-1)18-10-15-16-11-18/h1,3,5,9-12,17H,2,4,6-8H2. The third-order valence-electron chi connectivity index (χ3n) is 3.39. The second-order valence-electron chi connectivity index (χ2n) is 4.80. The molecule has 1 atom stereocenters. The van der Waals surface area contributed by atoms with Gasteiger partial charge in [0.1, 0.15) is 12.7 Å². The van der Waals surface area contributed by atoms with Crippen molar-refractivity contribution in [2.24, 2.45) is 0 Å². The highest BCUT2D eigenvalue weighted by Crippen LogP contribution is 2.18. The fourth-order valence-corrected chi connectivity index (χ4v) is 2.37. The van der Waals surface area contributed by atoms with Crippen molar-refractivity contribution >= 4 is 5.69 Å². The van der Waals surface area contributed by atoms with Crippen LogP contribution < -0.4 is 5.32 Å². The quantitative estimate of drug-likeness (QED) is 0.917. The van der Waals surface area contributed by atoms with E-state index in [0.29, 0.717) is 6.04 Å². The van der Waals surface area contributed by atoms with Crippen molar-refractivity contribution in [3.05, 3.63) is 36.9 Å². The van der Waals surface area contributed by atoms with Crippen LogP contribution in [-0.4, -0.2) is 34.0 Å². The molecule has 19 heavy (non-hydrogen) atoms. The summed E-state index contributed by atoms with van der Waals surface area (Å²) < 4.78 is 7.39. The summed E-state index contributed by atoms with van der Waals surface area (Å²) in [6.07, 6.45) is 6.77. The zero-order valence-corrected chi connectivity index (χ0v) is 10.8. The van der Waals surface area contributed by atoms with Gasteiger partial charge in [0.15, 0.2) is 0 Å². The first kappa shape index (κ1) is 12.2. The highest BCUT2D eigenvalue weighted by molar-refractivity contribution is 5.51. The molecule has 1 aliphatic rings. The number of hydrogen-bond donors (Lipinski definition) is 1. The lowest BCUT2D eigenvalue weighted by atomic mass is 10.1. The van der Waals surface area contributed by atoms with Crippen LogP contribution in [0.2, 0.25) is 0 Å². The molecule has 0 saturated carbocycles. The lowest BCUT2D eigenvalue weighted by Gasteiger charge is -2.17. The summed E-state index contributed by atoms with van der Waals surface area (Å²) in [6, 6.07) is 8.81. The van der Waals surface area contributed by atoms with Gasteiger partial charge in [-0.05, 0) is 37.5 Å². The van der Waals surface area contributed by atoms with Crippen LogP contribution in [-0.2, 0) is 4.74 Å². The van der Waals surface area contributed by atoms with Crippen LogP contribution in [0.5, 0.6) is 0 Å². The van der Waals surface area contributed by atoms with E-state index in [1.807, 2.05) is 16.7 Å². The minimum Gasteiger partial charge on any atom is -0.382 e. The Hall–Kier alpha value is -1.88. The first-order chi connectivity index (χ1) is 9.42. The molecule has 2 heterocycles. The van der Waals surface area contributed by atoms with E-state index < -0.39 is 0 Å². The molecule has 1 saturated heterocycles. The van der Waals surface area contributed by atoms with Crippen molar-refractivity contribution in [3.8, 4) is 5.69 Å². The van der Waals surface area contributed by atoms with Gasteiger partial charge in [-0.25, -0.2) is 0 Å². The summed E-state index contributed by atoms with van der Waals surface area (Å²) in [4.78, 5) is 0. The highest BCUT2D eigenvalue weighted by Gasteiger charge is 2.12. The van der Waals surface area contributed by atoms with Crippen LogP contribution in [0.3, 0.4) is 0 Å². The monoisotopic (exact) mass is 258 g/mol. The van der Waals surface area contributed by atoms with Crippen molar-refractivity contribution < 1.29 is 4.74 Å². The Morgan fingerprint density at radius 3 is 2.95 bits per heavy atom. The molecule has 100 valence electrons. The van der Waals surface area contributed by atoms with E-state index in [0.717, 1.165) is 43.9 Å². The maximum atomic E-state index is 5.48. The van der Waals surface area contributed by atoms with Gasteiger partial charge in [-0.15, -0.1) is 10.2 Å². The van der Waals surface area contributed by atoms with Gasteiger partial charge in [-0.1, -0.05) is 6.07 Å². The predicted octanol–water partition coefficient (Wildman–Crippen LogP) is 2.25. The number of nitrogens with zero attached hydrogens (tertiary/aromatic N) is 3. The topological polar surface area (TPSA) is 52.0 Å². The van der Waals surface area contributed by atoms with Crippen LogP contribution in [0.1, 0.15) is 19.3 Å². The third kappa shape index (κ3) is 3.12. The minimum atomic E-state index is 0.499. The number of rotatable bonds is 3. The van der Waals surface area contributed by atoms with Crippen LogP contribution in [0.25, 0.3) is 5.69 Å². The molecule has 3 rings (SSSR count). The molecule has 1 fully saturated rings. The van der Waals surface area contributed by atoms with E-state index in [1.54, 1.807) is 12.7 Å². The summed E-state index contributed by atoms with van der Waals surface area (Å²) in [6.45, 7) is 1.74. The number of ether oxygens (including phenoxy) is 1. The van der Waals surface area contributed by atoms with Gasteiger partial charge in [0.25, 0.3) is 0 Å². The average Bonchev–Trinajstić information content (AvgIpc) is 2.86. The van der Waals surface area contributed by atoms with E-state index in [4.69, 9.17) is 4.74 Å². The maximum Gasteiger partial charge on any atom is 0.123 e. The van der Waals surface area contributed by atoms with E-state index in [2.05, 4.69) is 27.6 Å². The Morgan fingerprint density at radius 2 is 2.05 bits per heavy atom. The Labute approximate surface area is 112 Å².